The number of anilines is 1. The Balaban J connectivity index is 2.01. The first kappa shape index (κ1) is 10.9. The van der Waals surface area contributed by atoms with Crippen molar-refractivity contribution in [2.45, 2.75) is 38.6 Å². The van der Waals surface area contributed by atoms with Crippen LogP contribution in [0.1, 0.15) is 38.3 Å². The minimum atomic E-state index is 0.390. The summed E-state index contributed by atoms with van der Waals surface area (Å²) >= 11 is 0. The third kappa shape index (κ3) is 2.48. The van der Waals surface area contributed by atoms with E-state index in [9.17, 15) is 0 Å². The van der Waals surface area contributed by atoms with Gasteiger partial charge in [-0.1, -0.05) is 6.92 Å². The summed E-state index contributed by atoms with van der Waals surface area (Å²) in [5.74, 6) is 1.46. The number of nitriles is 1. The van der Waals surface area contributed by atoms with E-state index in [1.165, 1.54) is 12.8 Å². The number of rotatable bonds is 2. The molecular weight excluding hydrogens is 200 g/mol. The Hall–Kier alpha value is -1.63. The Morgan fingerprint density at radius 1 is 1.25 bits per heavy atom. The van der Waals surface area contributed by atoms with Crippen molar-refractivity contribution in [2.75, 3.05) is 5.32 Å². The van der Waals surface area contributed by atoms with Crippen LogP contribution in [0.15, 0.2) is 12.4 Å². The van der Waals surface area contributed by atoms with E-state index in [2.05, 4.69) is 28.3 Å². The largest absolute Gasteiger partial charge is 0.365 e. The molecular formula is C12H16N4. The Bertz CT molecular complexity index is 388. The number of hydrogen-bond donors (Lipinski definition) is 1. The highest BCUT2D eigenvalue weighted by Crippen LogP contribution is 2.25. The third-order valence-electron chi connectivity index (χ3n) is 3.16. The highest BCUT2D eigenvalue weighted by molar-refractivity contribution is 5.47. The maximum absolute atomic E-state index is 8.90. The normalized spacial score (nSPS) is 24.8. The summed E-state index contributed by atoms with van der Waals surface area (Å²) in [5.41, 5.74) is 0.390. The van der Waals surface area contributed by atoms with Crippen molar-refractivity contribution in [2.24, 2.45) is 5.92 Å². The summed E-state index contributed by atoms with van der Waals surface area (Å²) in [6.07, 6.45) is 7.98. The fraction of sp³-hybridized carbons (Fsp3) is 0.583. The molecule has 0 unspecified atom stereocenters. The Labute approximate surface area is 95.7 Å². The SMILES string of the molecule is CC1CCC(Nc2nccnc2C#N)CC1. The van der Waals surface area contributed by atoms with E-state index in [0.717, 1.165) is 18.8 Å². The highest BCUT2D eigenvalue weighted by Gasteiger charge is 2.19. The fourth-order valence-corrected chi connectivity index (χ4v) is 2.12. The smallest absolute Gasteiger partial charge is 0.182 e. The van der Waals surface area contributed by atoms with E-state index in [1.54, 1.807) is 12.4 Å². The van der Waals surface area contributed by atoms with E-state index in [4.69, 9.17) is 5.26 Å². The van der Waals surface area contributed by atoms with Gasteiger partial charge in [-0.25, -0.2) is 9.97 Å². The van der Waals surface area contributed by atoms with Crippen molar-refractivity contribution in [3.8, 4) is 6.07 Å². The first-order valence-electron chi connectivity index (χ1n) is 5.77. The molecule has 16 heavy (non-hydrogen) atoms. The molecule has 0 spiro atoms. The second kappa shape index (κ2) is 4.93. The van der Waals surface area contributed by atoms with E-state index in [-0.39, 0.29) is 0 Å². The van der Waals surface area contributed by atoms with Gasteiger partial charge in [0, 0.05) is 18.4 Å². The molecule has 1 N–H and O–H groups in total. The molecule has 0 amide bonds. The van der Waals surface area contributed by atoms with Crippen LogP contribution < -0.4 is 5.32 Å². The molecule has 1 aromatic rings. The summed E-state index contributed by atoms with van der Waals surface area (Å²) < 4.78 is 0. The van der Waals surface area contributed by atoms with E-state index in [0.29, 0.717) is 17.6 Å². The van der Waals surface area contributed by atoms with Crippen LogP contribution in [-0.4, -0.2) is 16.0 Å². The monoisotopic (exact) mass is 216 g/mol. The second-order valence-electron chi connectivity index (χ2n) is 4.47. The van der Waals surface area contributed by atoms with E-state index in [1.807, 2.05) is 0 Å². The lowest BCUT2D eigenvalue weighted by Gasteiger charge is -2.27. The van der Waals surface area contributed by atoms with Crippen LogP contribution in [-0.2, 0) is 0 Å². The molecule has 4 heteroatoms. The topological polar surface area (TPSA) is 61.6 Å². The van der Waals surface area contributed by atoms with Crippen LogP contribution >= 0.6 is 0 Å². The minimum Gasteiger partial charge on any atom is -0.365 e. The zero-order chi connectivity index (χ0) is 11.4. The molecule has 84 valence electrons. The van der Waals surface area contributed by atoms with Crippen molar-refractivity contribution < 1.29 is 0 Å². The minimum absolute atomic E-state index is 0.390. The fourth-order valence-electron chi connectivity index (χ4n) is 2.12. The summed E-state index contributed by atoms with van der Waals surface area (Å²) in [6, 6.07) is 2.50. The van der Waals surface area contributed by atoms with Gasteiger partial charge in [0.15, 0.2) is 11.5 Å². The lowest BCUT2D eigenvalue weighted by molar-refractivity contribution is 0.360. The number of nitrogens with zero attached hydrogens (tertiary/aromatic N) is 3. The Kier molecular flexibility index (Phi) is 3.35. The molecule has 1 aromatic heterocycles. The molecule has 2 rings (SSSR count). The number of aromatic nitrogens is 2. The third-order valence-corrected chi connectivity index (χ3v) is 3.16. The van der Waals surface area contributed by atoms with Crippen molar-refractivity contribution in [1.82, 2.24) is 9.97 Å². The van der Waals surface area contributed by atoms with E-state index < -0.39 is 0 Å². The number of nitrogens with one attached hydrogen (secondary N) is 1. The average molecular weight is 216 g/mol. The highest BCUT2D eigenvalue weighted by atomic mass is 15.0. The maximum Gasteiger partial charge on any atom is 0.182 e. The average Bonchev–Trinajstić information content (AvgIpc) is 2.33. The Morgan fingerprint density at radius 3 is 2.62 bits per heavy atom. The summed E-state index contributed by atoms with van der Waals surface area (Å²) in [4.78, 5) is 8.16. The molecule has 0 bridgehead atoms. The van der Waals surface area contributed by atoms with Gasteiger partial charge >= 0.3 is 0 Å². The molecule has 4 nitrogen and oxygen atoms in total. The molecule has 1 aliphatic carbocycles. The molecule has 0 aliphatic heterocycles. The van der Waals surface area contributed by atoms with Gasteiger partial charge in [0.05, 0.1) is 0 Å². The predicted octanol–water partition coefficient (Wildman–Crippen LogP) is 2.34. The van der Waals surface area contributed by atoms with Crippen molar-refractivity contribution >= 4 is 5.82 Å². The molecule has 0 radical (unpaired) electrons. The van der Waals surface area contributed by atoms with E-state index >= 15 is 0 Å². The lowest BCUT2D eigenvalue weighted by atomic mass is 9.87. The quantitative estimate of drug-likeness (QED) is 0.824. The Morgan fingerprint density at radius 2 is 1.94 bits per heavy atom. The van der Waals surface area contributed by atoms with Gasteiger partial charge < -0.3 is 5.32 Å². The predicted molar refractivity (Wildman–Crippen MR) is 61.8 cm³/mol. The molecule has 0 atom stereocenters. The maximum atomic E-state index is 8.90. The number of hydrogen-bond acceptors (Lipinski definition) is 4. The van der Waals surface area contributed by atoms with Crippen LogP contribution in [0.25, 0.3) is 0 Å². The van der Waals surface area contributed by atoms with Crippen LogP contribution in [0.3, 0.4) is 0 Å². The molecule has 1 heterocycles. The molecule has 1 aliphatic rings. The lowest BCUT2D eigenvalue weighted by Crippen LogP contribution is -2.26. The first-order valence-corrected chi connectivity index (χ1v) is 5.77. The van der Waals surface area contributed by atoms with Gasteiger partial charge in [-0.3, -0.25) is 0 Å². The van der Waals surface area contributed by atoms with Gasteiger partial charge in [-0.2, -0.15) is 5.26 Å². The zero-order valence-electron chi connectivity index (χ0n) is 9.48. The van der Waals surface area contributed by atoms with Crippen molar-refractivity contribution in [3.05, 3.63) is 18.1 Å². The summed E-state index contributed by atoms with van der Waals surface area (Å²) in [6.45, 7) is 2.29. The van der Waals surface area contributed by atoms with Gasteiger partial charge in [0.1, 0.15) is 6.07 Å². The molecule has 0 saturated heterocycles. The van der Waals surface area contributed by atoms with Crippen LogP contribution in [0, 0.1) is 17.2 Å². The van der Waals surface area contributed by atoms with Crippen LogP contribution in [0.2, 0.25) is 0 Å². The standard InChI is InChI=1S/C12H16N4/c1-9-2-4-10(5-3-9)16-12-11(8-13)14-6-7-15-12/h6-7,9-10H,2-5H2,1H3,(H,15,16). The van der Waals surface area contributed by atoms with Gasteiger partial charge in [0.25, 0.3) is 0 Å². The summed E-state index contributed by atoms with van der Waals surface area (Å²) in [7, 11) is 0. The molecule has 1 saturated carbocycles. The van der Waals surface area contributed by atoms with Gasteiger partial charge in [0.2, 0.25) is 0 Å². The first-order chi connectivity index (χ1) is 7.79. The van der Waals surface area contributed by atoms with Gasteiger partial charge in [-0.05, 0) is 31.6 Å². The second-order valence-corrected chi connectivity index (χ2v) is 4.47. The molecule has 0 aromatic carbocycles. The zero-order valence-corrected chi connectivity index (χ0v) is 9.48. The van der Waals surface area contributed by atoms with Crippen LogP contribution in [0.5, 0.6) is 0 Å². The summed E-state index contributed by atoms with van der Waals surface area (Å²) in [5, 5.41) is 12.2. The molecule has 1 fully saturated rings. The van der Waals surface area contributed by atoms with Gasteiger partial charge in [-0.15, -0.1) is 0 Å². The van der Waals surface area contributed by atoms with Crippen molar-refractivity contribution in [1.29, 1.82) is 5.26 Å². The van der Waals surface area contributed by atoms with Crippen LogP contribution in [0.4, 0.5) is 5.82 Å². The van der Waals surface area contributed by atoms with Crippen molar-refractivity contribution in [3.63, 3.8) is 0 Å².